The minimum Gasteiger partial charge on any atom is -0.424 e. The van der Waals surface area contributed by atoms with Crippen molar-refractivity contribution in [3.8, 4) is 0 Å². The van der Waals surface area contributed by atoms with Crippen LogP contribution < -0.4 is 0 Å². The van der Waals surface area contributed by atoms with Crippen molar-refractivity contribution in [1.29, 1.82) is 0 Å². The Bertz CT molecular complexity index is 28.5. The number of aliphatic hydroxyl groups is 2. The molecule has 0 bridgehead atoms. The molecule has 0 amide bonds. The van der Waals surface area contributed by atoms with E-state index in [0.717, 1.165) is 0 Å². The number of hydrogen-bond donors (Lipinski definition) is 4. The van der Waals surface area contributed by atoms with E-state index in [1.807, 2.05) is 0 Å². The Labute approximate surface area is 34.8 Å². The molecule has 0 atom stereocenters. The van der Waals surface area contributed by atoms with Crippen LogP contribution in [0.25, 0.3) is 0 Å². The quantitative estimate of drug-likeness (QED) is 0.209. The molecule has 0 aromatic carbocycles. The highest BCUT2D eigenvalue weighted by molar-refractivity contribution is 6.41. The van der Waals surface area contributed by atoms with Crippen molar-refractivity contribution in [2.24, 2.45) is 0 Å². The third kappa shape index (κ3) is 2.16. The summed E-state index contributed by atoms with van der Waals surface area (Å²) in [7, 11) is -2.04. The van der Waals surface area contributed by atoms with Gasteiger partial charge in [-0.05, 0) is 0 Å². The number of aliphatic hydroxyl groups excluding tert-OH is 1. The first-order valence-corrected chi connectivity index (χ1v) is 1.37. The lowest BCUT2D eigenvalue weighted by molar-refractivity contribution is 0.00120. The third-order valence-corrected chi connectivity index (χ3v) is 0.267. The molecule has 6 heavy (non-hydrogen) atoms. The molecule has 0 saturated carbocycles. The van der Waals surface area contributed by atoms with Crippen LogP contribution in [0.5, 0.6) is 0 Å². The molecule has 0 aromatic rings. The molecule has 0 aliphatic heterocycles. The summed E-state index contributed by atoms with van der Waals surface area (Å²) >= 11 is 0. The Morgan fingerprint density at radius 1 is 1.17 bits per heavy atom. The summed E-state index contributed by atoms with van der Waals surface area (Å²) < 4.78 is 0. The second-order valence-electron chi connectivity index (χ2n) is 0.827. The number of rotatable bonds is 1. The van der Waals surface area contributed by atoms with E-state index in [1.165, 1.54) is 0 Å². The van der Waals surface area contributed by atoms with Crippen LogP contribution in [-0.2, 0) is 0 Å². The summed E-state index contributed by atoms with van der Waals surface area (Å²) in [5, 5.41) is 30.7. The van der Waals surface area contributed by atoms with Gasteiger partial charge in [0.1, 0.15) is 0 Å². The van der Waals surface area contributed by atoms with Crippen molar-refractivity contribution >= 4 is 7.12 Å². The maximum Gasteiger partial charge on any atom is 0.511 e. The van der Waals surface area contributed by atoms with Crippen LogP contribution in [0.15, 0.2) is 0 Å². The van der Waals surface area contributed by atoms with Crippen LogP contribution in [-0.4, -0.2) is 33.6 Å². The highest BCUT2D eigenvalue weighted by atomic mass is 16.5. The molecule has 0 heterocycles. The second-order valence-corrected chi connectivity index (χ2v) is 0.827. The summed E-state index contributed by atoms with van der Waals surface area (Å²) in [4.78, 5) is 0. The maximum absolute atomic E-state index is 7.69. The molecule has 0 saturated heterocycles. The van der Waals surface area contributed by atoms with Gasteiger partial charge in [-0.1, -0.05) is 0 Å². The minimum absolute atomic E-state index is 2.04. The average molecular weight is 91.9 g/mol. The lowest BCUT2D eigenvalue weighted by Crippen LogP contribution is -2.29. The molecular weight excluding hydrogens is 86.8 g/mol. The van der Waals surface area contributed by atoms with Crippen molar-refractivity contribution in [3.05, 3.63) is 0 Å². The van der Waals surface area contributed by atoms with Gasteiger partial charge in [-0.15, -0.1) is 0 Å². The zero-order chi connectivity index (χ0) is 5.15. The predicted molar refractivity (Wildman–Crippen MR) is 18.4 cm³/mol. The van der Waals surface area contributed by atoms with Crippen molar-refractivity contribution < 1.29 is 20.3 Å². The van der Waals surface area contributed by atoms with Crippen molar-refractivity contribution in [2.45, 2.75) is 6.19 Å². The van der Waals surface area contributed by atoms with E-state index in [4.69, 9.17) is 20.3 Å². The fourth-order valence-corrected chi connectivity index (χ4v) is 0. The Balaban J connectivity index is 2.99. The van der Waals surface area contributed by atoms with E-state index in [2.05, 4.69) is 0 Å². The molecule has 5 heteroatoms. The molecule has 0 radical (unpaired) electrons. The molecule has 0 rings (SSSR count). The lowest BCUT2D eigenvalue weighted by atomic mass is 9.92. The fraction of sp³-hybridized carbons (Fsp3) is 1.00. The van der Waals surface area contributed by atoms with Gasteiger partial charge in [-0.25, -0.2) is 0 Å². The van der Waals surface area contributed by atoms with Gasteiger partial charge >= 0.3 is 7.12 Å². The average Bonchev–Trinajstić information content (AvgIpc) is 1.36. The fourth-order valence-electron chi connectivity index (χ4n) is 0. The minimum atomic E-state index is -2.04. The Morgan fingerprint density at radius 2 is 1.33 bits per heavy atom. The van der Waals surface area contributed by atoms with E-state index in [1.54, 1.807) is 0 Å². The van der Waals surface area contributed by atoms with Gasteiger partial charge in [-0.2, -0.15) is 0 Å². The van der Waals surface area contributed by atoms with Crippen LogP contribution in [0, 0.1) is 0 Å². The van der Waals surface area contributed by atoms with E-state index in [-0.39, 0.29) is 0 Å². The molecule has 0 unspecified atom stereocenters. The molecule has 0 aromatic heterocycles. The van der Waals surface area contributed by atoms with Crippen LogP contribution in [0.2, 0.25) is 0 Å². The van der Waals surface area contributed by atoms with E-state index in [9.17, 15) is 0 Å². The number of hydrogen-bond acceptors (Lipinski definition) is 4. The molecule has 36 valence electrons. The predicted octanol–water partition coefficient (Wildman–Crippen LogP) is -2.69. The second kappa shape index (κ2) is 2.15. The highest BCUT2D eigenvalue weighted by Gasteiger charge is 2.15. The van der Waals surface area contributed by atoms with Crippen LogP contribution in [0.4, 0.5) is 0 Å². The van der Waals surface area contributed by atoms with Gasteiger partial charge in [-0.3, -0.25) is 0 Å². The normalized spacial score (nSPS) is 9.50. The first-order valence-electron chi connectivity index (χ1n) is 1.37. The highest BCUT2D eigenvalue weighted by Crippen LogP contribution is 1.71. The maximum atomic E-state index is 7.69. The summed E-state index contributed by atoms with van der Waals surface area (Å²) in [6.45, 7) is 0. The monoisotopic (exact) mass is 92.0 g/mol. The van der Waals surface area contributed by atoms with Gasteiger partial charge < -0.3 is 20.3 Å². The third-order valence-electron chi connectivity index (χ3n) is 0.267. The van der Waals surface area contributed by atoms with Gasteiger partial charge in [0.25, 0.3) is 0 Å². The summed E-state index contributed by atoms with van der Waals surface area (Å²) in [6.07, 6.45) is -2.04. The van der Waals surface area contributed by atoms with Crippen LogP contribution >= 0.6 is 0 Å². The Kier molecular flexibility index (Phi) is 2.11. The zero-order valence-electron chi connectivity index (χ0n) is 2.94. The smallest absolute Gasteiger partial charge is 0.424 e. The summed E-state index contributed by atoms with van der Waals surface area (Å²) in [6, 6.07) is 0. The van der Waals surface area contributed by atoms with Crippen molar-refractivity contribution in [1.82, 2.24) is 0 Å². The standard InChI is InChI=1S/CH5BO4/c3-1(4)2(5)6/h1,3-6H. The van der Waals surface area contributed by atoms with E-state index in [0.29, 0.717) is 0 Å². The van der Waals surface area contributed by atoms with Crippen LogP contribution in [0.3, 0.4) is 0 Å². The zero-order valence-corrected chi connectivity index (χ0v) is 2.94. The van der Waals surface area contributed by atoms with Gasteiger partial charge in [0.05, 0.1) is 0 Å². The molecule has 4 N–H and O–H groups in total. The van der Waals surface area contributed by atoms with E-state index >= 15 is 0 Å². The molecule has 0 aliphatic rings. The lowest BCUT2D eigenvalue weighted by Gasteiger charge is -1.95. The molecule has 4 nitrogen and oxygen atoms in total. The molecule has 0 aliphatic carbocycles. The largest absolute Gasteiger partial charge is 0.511 e. The molecule has 0 spiro atoms. The van der Waals surface area contributed by atoms with Gasteiger partial charge in [0, 0.05) is 0 Å². The molecular formula is CH5BO4. The van der Waals surface area contributed by atoms with Crippen molar-refractivity contribution in [2.75, 3.05) is 0 Å². The summed E-state index contributed by atoms with van der Waals surface area (Å²) in [5.41, 5.74) is 0. The van der Waals surface area contributed by atoms with Crippen molar-refractivity contribution in [3.63, 3.8) is 0 Å². The topological polar surface area (TPSA) is 80.9 Å². The first-order chi connectivity index (χ1) is 2.64. The van der Waals surface area contributed by atoms with Crippen LogP contribution in [0.1, 0.15) is 0 Å². The Hall–Kier alpha value is -0.0951. The first kappa shape index (κ1) is 5.90. The summed E-state index contributed by atoms with van der Waals surface area (Å²) in [5.74, 6) is 0. The van der Waals surface area contributed by atoms with E-state index < -0.39 is 13.3 Å². The Morgan fingerprint density at radius 3 is 1.33 bits per heavy atom. The van der Waals surface area contributed by atoms with Gasteiger partial charge in [0.2, 0.25) is 0 Å². The SMILES string of the molecule is OB(O)C(O)O. The van der Waals surface area contributed by atoms with Gasteiger partial charge in [0.15, 0.2) is 6.19 Å². The molecule has 0 fully saturated rings.